The molecular formula is C24H31Cl2NO6S2. The summed E-state index contributed by atoms with van der Waals surface area (Å²) in [5.74, 6) is 0.958. The predicted octanol–water partition coefficient (Wildman–Crippen LogP) is 4.35. The van der Waals surface area contributed by atoms with Gasteiger partial charge in [-0.3, -0.25) is 0 Å². The first-order valence-corrected chi connectivity index (χ1v) is 15.3. The lowest BCUT2D eigenvalue weighted by Crippen LogP contribution is -2.50. The van der Waals surface area contributed by atoms with Crippen molar-refractivity contribution in [2.45, 2.75) is 29.8 Å². The smallest absolute Gasteiger partial charge is 0.198 e. The largest absolute Gasteiger partial charge is 0.493 e. The summed E-state index contributed by atoms with van der Waals surface area (Å²) in [6, 6.07) is 10.0. The van der Waals surface area contributed by atoms with E-state index in [-0.39, 0.29) is 40.0 Å². The van der Waals surface area contributed by atoms with E-state index in [4.69, 9.17) is 32.7 Å². The maximum absolute atomic E-state index is 13.3. The quantitative estimate of drug-likeness (QED) is 0.424. The van der Waals surface area contributed by atoms with Crippen LogP contribution in [0.25, 0.3) is 0 Å². The Morgan fingerprint density at radius 3 is 2.14 bits per heavy atom. The maximum Gasteiger partial charge on any atom is 0.198 e. The highest BCUT2D eigenvalue weighted by Crippen LogP contribution is 2.46. The van der Waals surface area contributed by atoms with Crippen LogP contribution < -0.4 is 9.47 Å². The van der Waals surface area contributed by atoms with Gasteiger partial charge in [0.15, 0.2) is 35.3 Å². The Labute approximate surface area is 218 Å². The Bertz CT molecular complexity index is 1230. The molecule has 0 aliphatic carbocycles. The zero-order valence-corrected chi connectivity index (χ0v) is 23.2. The van der Waals surface area contributed by atoms with Crippen molar-refractivity contribution in [3.8, 4) is 11.5 Å². The number of hydrogen-bond acceptors (Lipinski definition) is 7. The minimum atomic E-state index is -3.98. The van der Waals surface area contributed by atoms with E-state index >= 15 is 0 Å². The van der Waals surface area contributed by atoms with Gasteiger partial charge in [-0.15, -0.1) is 0 Å². The molecule has 35 heavy (non-hydrogen) atoms. The number of rotatable bonds is 10. The first-order valence-electron chi connectivity index (χ1n) is 11.3. The van der Waals surface area contributed by atoms with Crippen LogP contribution in [-0.4, -0.2) is 67.6 Å². The lowest BCUT2D eigenvalue weighted by Gasteiger charge is -2.37. The molecule has 1 saturated heterocycles. The molecule has 1 fully saturated rings. The lowest BCUT2D eigenvalue weighted by molar-refractivity contribution is 0.325. The number of ether oxygens (including phenoxy) is 2. The van der Waals surface area contributed by atoms with Gasteiger partial charge in [-0.1, -0.05) is 35.3 Å². The van der Waals surface area contributed by atoms with Crippen molar-refractivity contribution < 1.29 is 26.3 Å². The zero-order valence-electron chi connectivity index (χ0n) is 20.1. The summed E-state index contributed by atoms with van der Waals surface area (Å²) in [7, 11) is -2.85. The second kappa shape index (κ2) is 11.3. The molecule has 1 aliphatic rings. The van der Waals surface area contributed by atoms with Gasteiger partial charge < -0.3 is 14.4 Å². The van der Waals surface area contributed by atoms with Crippen LogP contribution in [0.5, 0.6) is 11.5 Å². The normalized spacial score (nSPS) is 18.3. The Balaban J connectivity index is 1.76. The number of halogens is 2. The molecule has 1 heterocycles. The summed E-state index contributed by atoms with van der Waals surface area (Å²) < 4.78 is 61.9. The molecule has 0 bridgehead atoms. The molecular weight excluding hydrogens is 533 g/mol. The predicted molar refractivity (Wildman–Crippen MR) is 140 cm³/mol. The van der Waals surface area contributed by atoms with Crippen LogP contribution in [0.15, 0.2) is 36.4 Å². The molecule has 0 atom stereocenters. The highest BCUT2D eigenvalue weighted by Gasteiger charge is 2.57. The average Bonchev–Trinajstić information content (AvgIpc) is 2.80. The van der Waals surface area contributed by atoms with E-state index in [0.29, 0.717) is 31.0 Å². The summed E-state index contributed by atoms with van der Waals surface area (Å²) in [4.78, 5) is 2.06. The van der Waals surface area contributed by atoms with Crippen molar-refractivity contribution in [2.75, 3.05) is 45.9 Å². The topological polar surface area (TPSA) is 90.0 Å². The fourth-order valence-electron chi connectivity index (χ4n) is 4.56. The van der Waals surface area contributed by atoms with Crippen LogP contribution in [0.3, 0.4) is 0 Å². The summed E-state index contributed by atoms with van der Waals surface area (Å²) in [6.45, 7) is 1.23. The number of likely N-dealkylation sites (N-methyl/N-ethyl adjacent to an activating group) is 1. The van der Waals surface area contributed by atoms with Gasteiger partial charge in [0.25, 0.3) is 0 Å². The Kier molecular flexibility index (Phi) is 9.02. The minimum Gasteiger partial charge on any atom is -0.493 e. The van der Waals surface area contributed by atoms with Crippen LogP contribution in [0.2, 0.25) is 10.0 Å². The molecule has 0 N–H and O–H groups in total. The number of hydrogen-bond donors (Lipinski definition) is 0. The standard InChI is InChI=1S/C24H31Cl2NO6S2/c1-27(13-10-18-6-9-22(32-2)23(16-18)33-3)12-4-11-24(19-7-8-20(25)21(26)17-19)34(28,29)14-5-15-35(24,30)31/h6-9,16-17H,4-5,10-15H2,1-3H3. The van der Waals surface area contributed by atoms with Crippen LogP contribution in [0.1, 0.15) is 30.4 Å². The molecule has 7 nitrogen and oxygen atoms in total. The zero-order chi connectivity index (χ0) is 25.9. The number of nitrogens with zero attached hydrogens (tertiary/aromatic N) is 1. The fourth-order valence-corrected chi connectivity index (χ4v) is 10.7. The molecule has 2 aromatic rings. The highest BCUT2D eigenvalue weighted by molar-refractivity contribution is 8.10. The highest BCUT2D eigenvalue weighted by atomic mass is 35.5. The molecule has 2 aromatic carbocycles. The molecule has 3 rings (SSSR count). The van der Waals surface area contributed by atoms with E-state index in [1.54, 1.807) is 14.2 Å². The van der Waals surface area contributed by atoms with Crippen molar-refractivity contribution in [3.05, 3.63) is 57.6 Å². The maximum atomic E-state index is 13.3. The first-order chi connectivity index (χ1) is 16.5. The molecule has 194 valence electrons. The summed E-state index contributed by atoms with van der Waals surface area (Å²) in [5, 5.41) is 0.373. The summed E-state index contributed by atoms with van der Waals surface area (Å²) in [6.07, 6.45) is 1.17. The van der Waals surface area contributed by atoms with Gasteiger partial charge in [0.1, 0.15) is 0 Å². The molecule has 11 heteroatoms. The third kappa shape index (κ3) is 5.74. The van der Waals surface area contributed by atoms with Gasteiger partial charge in [-0.25, -0.2) is 16.8 Å². The van der Waals surface area contributed by atoms with E-state index in [1.807, 2.05) is 25.2 Å². The van der Waals surface area contributed by atoms with Gasteiger partial charge in [-0.2, -0.15) is 0 Å². The molecule has 0 radical (unpaired) electrons. The van der Waals surface area contributed by atoms with Gasteiger partial charge in [0.05, 0.1) is 35.8 Å². The monoisotopic (exact) mass is 563 g/mol. The molecule has 0 amide bonds. The van der Waals surface area contributed by atoms with Crippen molar-refractivity contribution in [1.82, 2.24) is 4.90 Å². The summed E-state index contributed by atoms with van der Waals surface area (Å²) in [5.41, 5.74) is 1.23. The number of methoxy groups -OCH3 is 2. The van der Waals surface area contributed by atoms with Crippen molar-refractivity contribution in [2.24, 2.45) is 0 Å². The van der Waals surface area contributed by atoms with Crippen molar-refractivity contribution in [3.63, 3.8) is 0 Å². The van der Waals surface area contributed by atoms with Crippen molar-refractivity contribution in [1.29, 1.82) is 0 Å². The van der Waals surface area contributed by atoms with Gasteiger partial charge >= 0.3 is 0 Å². The van der Waals surface area contributed by atoms with E-state index in [0.717, 1.165) is 12.0 Å². The number of sulfone groups is 2. The third-order valence-corrected chi connectivity index (χ3v) is 13.3. The van der Waals surface area contributed by atoms with Gasteiger partial charge in [0.2, 0.25) is 0 Å². The average molecular weight is 565 g/mol. The number of benzene rings is 2. The fraction of sp³-hybridized carbons (Fsp3) is 0.500. The minimum absolute atomic E-state index is 0.0453. The lowest BCUT2D eigenvalue weighted by atomic mass is 10.1. The van der Waals surface area contributed by atoms with Crippen LogP contribution in [-0.2, 0) is 30.2 Å². The Hall–Kier alpha value is -1.52. The third-order valence-electron chi connectivity index (χ3n) is 6.47. The van der Waals surface area contributed by atoms with Crippen molar-refractivity contribution >= 4 is 42.9 Å². The Morgan fingerprint density at radius 2 is 1.54 bits per heavy atom. The molecule has 0 unspecified atom stereocenters. The second-order valence-electron chi connectivity index (χ2n) is 8.72. The van der Waals surface area contributed by atoms with Crippen LogP contribution >= 0.6 is 23.2 Å². The SMILES string of the molecule is COc1ccc(CCN(C)CCCC2(c3ccc(Cl)c(Cl)c3)S(=O)(=O)CCCS2(=O)=O)cc1OC. The Morgan fingerprint density at radius 1 is 0.886 bits per heavy atom. The second-order valence-corrected chi connectivity index (χ2v) is 14.5. The van der Waals surface area contributed by atoms with Gasteiger partial charge in [0, 0.05) is 6.54 Å². The summed E-state index contributed by atoms with van der Waals surface area (Å²) >= 11 is 12.2. The molecule has 1 aliphatic heterocycles. The van der Waals surface area contributed by atoms with Crippen LogP contribution in [0, 0.1) is 0 Å². The van der Waals surface area contributed by atoms with E-state index in [1.165, 1.54) is 18.2 Å². The first kappa shape index (κ1) is 28.1. The van der Waals surface area contributed by atoms with E-state index in [9.17, 15) is 16.8 Å². The van der Waals surface area contributed by atoms with E-state index < -0.39 is 23.8 Å². The van der Waals surface area contributed by atoms with E-state index in [2.05, 4.69) is 4.90 Å². The molecule has 0 aromatic heterocycles. The molecule has 0 saturated carbocycles. The van der Waals surface area contributed by atoms with Gasteiger partial charge in [-0.05, 0) is 74.7 Å². The molecule has 0 spiro atoms. The van der Waals surface area contributed by atoms with Crippen LogP contribution in [0.4, 0.5) is 0 Å².